The molecule has 0 bridgehead atoms. The first-order chi connectivity index (χ1) is 10.7. The van der Waals surface area contributed by atoms with Crippen LogP contribution < -0.4 is 4.90 Å². The molecule has 4 rings (SSSR count). The summed E-state index contributed by atoms with van der Waals surface area (Å²) in [6, 6.07) is 4.67. The van der Waals surface area contributed by atoms with Crippen LogP contribution in [-0.4, -0.2) is 32.6 Å². The van der Waals surface area contributed by atoms with Crippen LogP contribution in [0.1, 0.15) is 5.82 Å². The Bertz CT molecular complexity index is 822. The van der Waals surface area contributed by atoms with E-state index in [1.807, 2.05) is 19.3 Å². The minimum atomic E-state index is -0.269. The molecule has 0 radical (unpaired) electrons. The van der Waals surface area contributed by atoms with E-state index in [1.54, 1.807) is 6.07 Å². The molecule has 0 saturated carbocycles. The second kappa shape index (κ2) is 5.05. The predicted molar refractivity (Wildman–Crippen MR) is 82.2 cm³/mol. The third kappa shape index (κ3) is 2.20. The zero-order chi connectivity index (χ0) is 15.1. The monoisotopic (exact) mass is 297 g/mol. The highest BCUT2D eigenvalue weighted by molar-refractivity contribution is 5.89. The van der Waals surface area contributed by atoms with Crippen molar-refractivity contribution >= 4 is 16.7 Å². The SMILES string of the molecule is Cc1nccn1CC1CN(c2ncnc3cc(F)ccc23)C1. The first-order valence-electron chi connectivity index (χ1n) is 7.33. The molecule has 1 saturated heterocycles. The maximum atomic E-state index is 13.3. The summed E-state index contributed by atoms with van der Waals surface area (Å²) in [5.74, 6) is 2.25. The maximum absolute atomic E-state index is 13.3. The molecule has 1 aliphatic rings. The maximum Gasteiger partial charge on any atom is 0.139 e. The van der Waals surface area contributed by atoms with Gasteiger partial charge in [-0.2, -0.15) is 0 Å². The number of anilines is 1. The fourth-order valence-electron chi connectivity index (χ4n) is 3.00. The second-order valence-corrected chi connectivity index (χ2v) is 5.76. The molecule has 0 unspecified atom stereocenters. The van der Waals surface area contributed by atoms with Gasteiger partial charge < -0.3 is 9.47 Å². The Balaban J connectivity index is 1.52. The van der Waals surface area contributed by atoms with Gasteiger partial charge in [-0.05, 0) is 19.1 Å². The Morgan fingerprint density at radius 2 is 2.09 bits per heavy atom. The molecule has 22 heavy (non-hydrogen) atoms. The summed E-state index contributed by atoms with van der Waals surface area (Å²) in [5, 5.41) is 0.904. The number of benzene rings is 1. The van der Waals surface area contributed by atoms with Crippen LogP contribution >= 0.6 is 0 Å². The van der Waals surface area contributed by atoms with Crippen LogP contribution in [0.3, 0.4) is 0 Å². The summed E-state index contributed by atoms with van der Waals surface area (Å²) in [5.41, 5.74) is 0.652. The van der Waals surface area contributed by atoms with Gasteiger partial charge in [-0.3, -0.25) is 0 Å². The Morgan fingerprint density at radius 3 is 2.86 bits per heavy atom. The van der Waals surface area contributed by atoms with E-state index in [0.717, 1.165) is 36.7 Å². The van der Waals surface area contributed by atoms with Crippen molar-refractivity contribution in [1.29, 1.82) is 0 Å². The van der Waals surface area contributed by atoms with E-state index in [1.165, 1.54) is 18.5 Å². The molecule has 0 spiro atoms. The smallest absolute Gasteiger partial charge is 0.139 e. The van der Waals surface area contributed by atoms with Gasteiger partial charge in [0.25, 0.3) is 0 Å². The second-order valence-electron chi connectivity index (χ2n) is 5.76. The van der Waals surface area contributed by atoms with Crippen molar-refractivity contribution in [1.82, 2.24) is 19.5 Å². The van der Waals surface area contributed by atoms with Crippen LogP contribution in [0.15, 0.2) is 36.9 Å². The van der Waals surface area contributed by atoms with Crippen molar-refractivity contribution < 1.29 is 4.39 Å². The Hall–Kier alpha value is -2.50. The van der Waals surface area contributed by atoms with Gasteiger partial charge in [0.2, 0.25) is 0 Å². The average Bonchev–Trinajstić information content (AvgIpc) is 2.87. The third-order valence-electron chi connectivity index (χ3n) is 4.21. The zero-order valence-corrected chi connectivity index (χ0v) is 12.3. The lowest BCUT2D eigenvalue weighted by molar-refractivity contribution is 0.353. The number of nitrogens with zero attached hydrogens (tertiary/aromatic N) is 5. The Kier molecular flexibility index (Phi) is 3.03. The largest absolute Gasteiger partial charge is 0.355 e. The zero-order valence-electron chi connectivity index (χ0n) is 12.3. The number of rotatable bonds is 3. The highest BCUT2D eigenvalue weighted by atomic mass is 19.1. The van der Waals surface area contributed by atoms with Crippen LogP contribution in [0.25, 0.3) is 10.9 Å². The number of fused-ring (bicyclic) bond motifs is 1. The molecule has 0 N–H and O–H groups in total. The number of hydrogen-bond donors (Lipinski definition) is 0. The summed E-state index contributed by atoms with van der Waals surface area (Å²) in [7, 11) is 0. The molecular weight excluding hydrogens is 281 g/mol. The van der Waals surface area contributed by atoms with Crippen LogP contribution in [0.5, 0.6) is 0 Å². The van der Waals surface area contributed by atoms with Gasteiger partial charge in [-0.15, -0.1) is 0 Å². The van der Waals surface area contributed by atoms with E-state index in [-0.39, 0.29) is 5.82 Å². The van der Waals surface area contributed by atoms with Crippen molar-refractivity contribution in [3.8, 4) is 0 Å². The molecule has 3 heterocycles. The number of aromatic nitrogens is 4. The number of aryl methyl sites for hydroxylation is 1. The van der Waals surface area contributed by atoms with Crippen molar-refractivity contribution in [2.24, 2.45) is 5.92 Å². The van der Waals surface area contributed by atoms with Gasteiger partial charge >= 0.3 is 0 Å². The van der Waals surface area contributed by atoms with Crippen molar-refractivity contribution in [3.63, 3.8) is 0 Å². The number of imidazole rings is 1. The highest BCUT2D eigenvalue weighted by Crippen LogP contribution is 2.29. The lowest BCUT2D eigenvalue weighted by Crippen LogP contribution is -2.49. The van der Waals surface area contributed by atoms with Crippen molar-refractivity contribution in [2.45, 2.75) is 13.5 Å². The van der Waals surface area contributed by atoms with Crippen LogP contribution in [0.2, 0.25) is 0 Å². The molecule has 0 amide bonds. The minimum absolute atomic E-state index is 0.269. The molecule has 2 aromatic heterocycles. The van der Waals surface area contributed by atoms with Gasteiger partial charge in [0, 0.05) is 49.4 Å². The van der Waals surface area contributed by atoms with Crippen LogP contribution in [0, 0.1) is 18.7 Å². The van der Waals surface area contributed by atoms with Crippen LogP contribution in [-0.2, 0) is 6.54 Å². The molecule has 5 nitrogen and oxygen atoms in total. The molecule has 1 fully saturated rings. The Morgan fingerprint density at radius 1 is 1.23 bits per heavy atom. The van der Waals surface area contributed by atoms with Gasteiger partial charge in [0.15, 0.2) is 0 Å². The topological polar surface area (TPSA) is 46.8 Å². The van der Waals surface area contributed by atoms with Gasteiger partial charge in [-0.25, -0.2) is 19.3 Å². The number of hydrogen-bond acceptors (Lipinski definition) is 4. The predicted octanol–water partition coefficient (Wildman–Crippen LogP) is 2.41. The quantitative estimate of drug-likeness (QED) is 0.745. The number of halogens is 1. The third-order valence-corrected chi connectivity index (χ3v) is 4.21. The summed E-state index contributed by atoms with van der Waals surface area (Å²) in [6.07, 6.45) is 5.35. The fraction of sp³-hybridized carbons (Fsp3) is 0.312. The van der Waals surface area contributed by atoms with E-state index in [0.29, 0.717) is 11.4 Å². The van der Waals surface area contributed by atoms with E-state index < -0.39 is 0 Å². The van der Waals surface area contributed by atoms with E-state index >= 15 is 0 Å². The average molecular weight is 297 g/mol. The van der Waals surface area contributed by atoms with Gasteiger partial charge in [0.1, 0.15) is 23.8 Å². The van der Waals surface area contributed by atoms with E-state index in [2.05, 4.69) is 24.4 Å². The summed E-state index contributed by atoms with van der Waals surface area (Å²) < 4.78 is 15.5. The lowest BCUT2D eigenvalue weighted by atomic mass is 9.99. The first-order valence-corrected chi connectivity index (χ1v) is 7.33. The molecule has 112 valence electrons. The molecule has 6 heteroatoms. The van der Waals surface area contributed by atoms with E-state index in [9.17, 15) is 4.39 Å². The molecule has 0 aliphatic carbocycles. The summed E-state index contributed by atoms with van der Waals surface area (Å²) in [4.78, 5) is 15.0. The lowest BCUT2D eigenvalue weighted by Gasteiger charge is -2.40. The molecule has 3 aromatic rings. The molecule has 0 atom stereocenters. The Labute approximate surface area is 127 Å². The molecular formula is C16H16FN5. The first kappa shape index (κ1) is 13.2. The fourth-order valence-corrected chi connectivity index (χ4v) is 3.00. The van der Waals surface area contributed by atoms with Gasteiger partial charge in [0.05, 0.1) is 5.52 Å². The van der Waals surface area contributed by atoms with Crippen LogP contribution in [0.4, 0.5) is 10.2 Å². The molecule has 1 aromatic carbocycles. The highest BCUT2D eigenvalue weighted by Gasteiger charge is 2.29. The molecule has 1 aliphatic heterocycles. The summed E-state index contributed by atoms with van der Waals surface area (Å²) >= 11 is 0. The minimum Gasteiger partial charge on any atom is -0.355 e. The summed E-state index contributed by atoms with van der Waals surface area (Å²) in [6.45, 7) is 4.88. The van der Waals surface area contributed by atoms with Crippen molar-refractivity contribution in [2.75, 3.05) is 18.0 Å². The van der Waals surface area contributed by atoms with Gasteiger partial charge in [-0.1, -0.05) is 0 Å². The standard InChI is InChI=1S/C16H16FN5/c1-11-18-4-5-21(11)7-12-8-22(9-12)16-14-3-2-13(17)6-15(14)19-10-20-16/h2-6,10,12H,7-9H2,1H3. The normalized spacial score (nSPS) is 15.3. The van der Waals surface area contributed by atoms with Crippen molar-refractivity contribution in [3.05, 3.63) is 48.6 Å². The van der Waals surface area contributed by atoms with E-state index in [4.69, 9.17) is 0 Å².